The molecule has 0 saturated heterocycles. The molecule has 0 saturated carbocycles. The summed E-state index contributed by atoms with van der Waals surface area (Å²) in [5.74, 6) is 1.24. The lowest BCUT2D eigenvalue weighted by atomic mass is 10.1. The summed E-state index contributed by atoms with van der Waals surface area (Å²) in [5, 5.41) is 6.04. The van der Waals surface area contributed by atoms with E-state index in [0.717, 1.165) is 0 Å². The zero-order valence-electron chi connectivity index (χ0n) is 16.0. The van der Waals surface area contributed by atoms with Crippen molar-refractivity contribution in [1.29, 1.82) is 0 Å². The van der Waals surface area contributed by atoms with Crippen LogP contribution in [0.4, 0.5) is 0 Å². The van der Waals surface area contributed by atoms with Crippen molar-refractivity contribution in [1.82, 2.24) is 10.6 Å². The van der Waals surface area contributed by atoms with E-state index in [0.29, 0.717) is 35.7 Å². The fourth-order valence-electron chi connectivity index (χ4n) is 2.28. The zero-order valence-corrected chi connectivity index (χ0v) is 16.0. The predicted molar refractivity (Wildman–Crippen MR) is 109 cm³/mol. The molecule has 0 radical (unpaired) electrons. The predicted octanol–water partition coefficient (Wildman–Crippen LogP) is 2.98. The van der Waals surface area contributed by atoms with Crippen molar-refractivity contribution in [3.05, 3.63) is 84.2 Å². The molecule has 0 unspecified atom stereocenters. The first-order chi connectivity index (χ1) is 13.6. The van der Waals surface area contributed by atoms with Crippen molar-refractivity contribution in [2.75, 3.05) is 27.3 Å². The molecule has 28 heavy (non-hydrogen) atoms. The van der Waals surface area contributed by atoms with E-state index in [-0.39, 0.29) is 11.6 Å². The number of hydrogen-bond acceptors (Lipinski definition) is 6. The molecule has 0 aromatic heterocycles. The standard InChI is InChI=1S/C22H24N2O4/c1-27-19-7-3-17(4-8-19)21(25)11-13-23-15-16-24-14-12-22(26)18-5-9-20(28-2)10-6-18/h3-14,23-24H,15-16H2,1-2H3. The van der Waals surface area contributed by atoms with Crippen molar-refractivity contribution in [3.63, 3.8) is 0 Å². The van der Waals surface area contributed by atoms with Gasteiger partial charge in [-0.15, -0.1) is 0 Å². The molecule has 0 aliphatic heterocycles. The van der Waals surface area contributed by atoms with Crippen LogP contribution in [0.2, 0.25) is 0 Å². The van der Waals surface area contributed by atoms with Crippen LogP contribution in [0.3, 0.4) is 0 Å². The molecule has 146 valence electrons. The Balaban J connectivity index is 1.65. The highest BCUT2D eigenvalue weighted by Gasteiger charge is 2.02. The molecular formula is C22H24N2O4. The van der Waals surface area contributed by atoms with E-state index in [4.69, 9.17) is 9.47 Å². The number of hydrogen-bond donors (Lipinski definition) is 2. The third-order valence-electron chi connectivity index (χ3n) is 3.87. The molecule has 2 aromatic rings. The molecule has 2 N–H and O–H groups in total. The van der Waals surface area contributed by atoms with Crippen LogP contribution in [0.1, 0.15) is 20.7 Å². The maximum absolute atomic E-state index is 12.0. The molecule has 0 fully saturated rings. The van der Waals surface area contributed by atoms with Crippen LogP contribution in [0.15, 0.2) is 73.1 Å². The molecule has 0 bridgehead atoms. The van der Waals surface area contributed by atoms with E-state index in [1.807, 2.05) is 0 Å². The van der Waals surface area contributed by atoms with Gasteiger partial charge in [0.2, 0.25) is 0 Å². The second kappa shape index (κ2) is 11.2. The first-order valence-electron chi connectivity index (χ1n) is 8.80. The Morgan fingerprint density at radius 3 is 1.39 bits per heavy atom. The van der Waals surface area contributed by atoms with Crippen molar-refractivity contribution >= 4 is 11.6 Å². The van der Waals surface area contributed by atoms with Crippen LogP contribution in [-0.4, -0.2) is 38.9 Å². The normalized spacial score (nSPS) is 10.8. The highest BCUT2D eigenvalue weighted by Crippen LogP contribution is 2.12. The smallest absolute Gasteiger partial charge is 0.187 e. The van der Waals surface area contributed by atoms with Gasteiger partial charge >= 0.3 is 0 Å². The average Bonchev–Trinajstić information content (AvgIpc) is 2.75. The second-order valence-corrected chi connectivity index (χ2v) is 5.76. The van der Waals surface area contributed by atoms with Crippen molar-refractivity contribution in [3.8, 4) is 11.5 Å². The van der Waals surface area contributed by atoms with Gasteiger partial charge in [0.15, 0.2) is 11.6 Å². The minimum Gasteiger partial charge on any atom is -0.497 e. The van der Waals surface area contributed by atoms with Crippen LogP contribution in [0, 0.1) is 0 Å². The van der Waals surface area contributed by atoms with Crippen LogP contribution in [-0.2, 0) is 0 Å². The molecule has 2 aromatic carbocycles. The molecule has 6 nitrogen and oxygen atoms in total. The highest BCUT2D eigenvalue weighted by atomic mass is 16.5. The van der Waals surface area contributed by atoms with Crippen LogP contribution >= 0.6 is 0 Å². The quantitative estimate of drug-likeness (QED) is 0.355. The van der Waals surface area contributed by atoms with Gasteiger partial charge in [-0.05, 0) is 48.5 Å². The summed E-state index contributed by atoms with van der Waals surface area (Å²) in [4.78, 5) is 24.0. The number of rotatable bonds is 11. The summed E-state index contributed by atoms with van der Waals surface area (Å²) in [7, 11) is 3.16. The van der Waals surface area contributed by atoms with E-state index >= 15 is 0 Å². The Morgan fingerprint density at radius 2 is 1.07 bits per heavy atom. The van der Waals surface area contributed by atoms with Crippen LogP contribution in [0.5, 0.6) is 11.5 Å². The SMILES string of the molecule is COc1ccc(C(=O)C=CNCCNC=CC(=O)c2ccc(OC)cc2)cc1. The lowest BCUT2D eigenvalue weighted by molar-refractivity contribution is 0.103. The molecule has 0 heterocycles. The van der Waals surface area contributed by atoms with Gasteiger partial charge in [0.1, 0.15) is 11.5 Å². The third-order valence-corrected chi connectivity index (χ3v) is 3.87. The maximum atomic E-state index is 12.0. The maximum Gasteiger partial charge on any atom is 0.187 e. The number of carbonyl (C=O) groups is 2. The van der Waals surface area contributed by atoms with Gasteiger partial charge < -0.3 is 20.1 Å². The topological polar surface area (TPSA) is 76.7 Å². The lowest BCUT2D eigenvalue weighted by Crippen LogP contribution is -2.20. The van der Waals surface area contributed by atoms with Gasteiger partial charge in [-0.25, -0.2) is 0 Å². The van der Waals surface area contributed by atoms with Crippen molar-refractivity contribution in [2.24, 2.45) is 0 Å². The molecule has 0 atom stereocenters. The van der Waals surface area contributed by atoms with Crippen LogP contribution < -0.4 is 20.1 Å². The zero-order chi connectivity index (χ0) is 20.2. The average molecular weight is 380 g/mol. The summed E-state index contributed by atoms with van der Waals surface area (Å²) in [6.45, 7) is 1.21. The molecule has 0 amide bonds. The summed E-state index contributed by atoms with van der Waals surface area (Å²) in [6, 6.07) is 13.9. The van der Waals surface area contributed by atoms with Gasteiger partial charge in [-0.1, -0.05) is 0 Å². The Hall–Kier alpha value is -3.54. The summed E-state index contributed by atoms with van der Waals surface area (Å²) < 4.78 is 10.1. The third kappa shape index (κ3) is 6.64. The number of allylic oxidation sites excluding steroid dienone is 2. The number of ketones is 2. The Bertz CT molecular complexity index is 753. The van der Waals surface area contributed by atoms with Gasteiger partial charge in [0.05, 0.1) is 14.2 Å². The molecule has 0 aliphatic rings. The molecule has 2 rings (SSSR count). The first-order valence-corrected chi connectivity index (χ1v) is 8.80. The van der Waals surface area contributed by atoms with E-state index in [1.54, 1.807) is 75.2 Å². The number of methoxy groups -OCH3 is 2. The van der Waals surface area contributed by atoms with E-state index < -0.39 is 0 Å². The first kappa shape index (κ1) is 20.8. The van der Waals surface area contributed by atoms with Crippen molar-refractivity contribution in [2.45, 2.75) is 0 Å². The van der Waals surface area contributed by atoms with Gasteiger partial charge in [-0.2, -0.15) is 0 Å². The fourth-order valence-corrected chi connectivity index (χ4v) is 2.28. The lowest BCUT2D eigenvalue weighted by Gasteiger charge is -2.02. The minimum atomic E-state index is -0.0897. The Labute approximate surface area is 164 Å². The molecule has 0 aliphatic carbocycles. The van der Waals surface area contributed by atoms with Crippen LogP contribution in [0.25, 0.3) is 0 Å². The summed E-state index contributed by atoms with van der Waals surface area (Å²) >= 11 is 0. The van der Waals surface area contributed by atoms with E-state index in [2.05, 4.69) is 10.6 Å². The summed E-state index contributed by atoms with van der Waals surface area (Å²) in [6.07, 6.45) is 6.18. The van der Waals surface area contributed by atoms with E-state index in [9.17, 15) is 9.59 Å². The van der Waals surface area contributed by atoms with Gasteiger partial charge in [-0.3, -0.25) is 9.59 Å². The van der Waals surface area contributed by atoms with Gasteiger partial charge in [0, 0.05) is 48.8 Å². The molecular weight excluding hydrogens is 356 g/mol. The molecule has 6 heteroatoms. The summed E-state index contributed by atoms with van der Waals surface area (Å²) in [5.41, 5.74) is 1.19. The largest absolute Gasteiger partial charge is 0.497 e. The van der Waals surface area contributed by atoms with Crippen molar-refractivity contribution < 1.29 is 19.1 Å². The number of carbonyl (C=O) groups excluding carboxylic acids is 2. The number of benzene rings is 2. The molecule has 0 spiro atoms. The number of ether oxygens (including phenoxy) is 2. The minimum absolute atomic E-state index is 0.0897. The van der Waals surface area contributed by atoms with Gasteiger partial charge in [0.25, 0.3) is 0 Å². The Morgan fingerprint density at radius 1 is 0.714 bits per heavy atom. The second-order valence-electron chi connectivity index (χ2n) is 5.76. The Kier molecular flexibility index (Phi) is 8.33. The van der Waals surface area contributed by atoms with E-state index in [1.165, 1.54) is 12.2 Å². The fraction of sp³-hybridized carbons (Fsp3) is 0.182. The monoisotopic (exact) mass is 380 g/mol. The number of nitrogens with one attached hydrogen (secondary N) is 2. The highest BCUT2D eigenvalue weighted by molar-refractivity contribution is 6.05.